The van der Waals surface area contributed by atoms with E-state index >= 15 is 0 Å². The van der Waals surface area contributed by atoms with Crippen molar-refractivity contribution in [1.29, 1.82) is 0 Å². The summed E-state index contributed by atoms with van der Waals surface area (Å²) in [6.07, 6.45) is -4.26. The minimum absolute atomic E-state index is 0.123. The molecular formula is C12H10F6O2. The number of carbonyl (C=O) groups excluding carboxylic acids is 1. The normalized spacial score (nSPS) is 11.9. The fraction of sp³-hybridized carbons (Fsp3) is 0.417. The first-order valence-electron chi connectivity index (χ1n) is 5.41. The predicted molar refractivity (Wildman–Crippen MR) is 56.8 cm³/mol. The lowest BCUT2D eigenvalue weighted by atomic mass is 10.1. The Hall–Kier alpha value is -1.57. The number of hydrogen-bond acceptors (Lipinski definition) is 2. The summed E-state index contributed by atoms with van der Waals surface area (Å²) in [6.45, 7) is -2.41. The predicted octanol–water partition coefficient (Wildman–Crippen LogP) is 2.99. The summed E-state index contributed by atoms with van der Waals surface area (Å²) in [6, 6.07) is 2.73. The Morgan fingerprint density at radius 3 is 2.40 bits per heavy atom. The van der Waals surface area contributed by atoms with E-state index in [4.69, 9.17) is 0 Å². The van der Waals surface area contributed by atoms with Crippen LogP contribution < -0.4 is 0 Å². The summed E-state index contributed by atoms with van der Waals surface area (Å²) < 4.78 is 78.1. The number of benzene rings is 1. The van der Waals surface area contributed by atoms with Gasteiger partial charge in [0.2, 0.25) is 0 Å². The van der Waals surface area contributed by atoms with E-state index in [0.29, 0.717) is 0 Å². The zero-order valence-electron chi connectivity index (χ0n) is 10.0. The second kappa shape index (κ2) is 6.74. The largest absolute Gasteiger partial charge is 0.367 e. The molecule has 0 radical (unpaired) electrons. The van der Waals surface area contributed by atoms with Gasteiger partial charge in [-0.3, -0.25) is 4.79 Å². The Labute approximate surface area is 110 Å². The van der Waals surface area contributed by atoms with Gasteiger partial charge in [0.05, 0.1) is 0 Å². The number of halogens is 6. The van der Waals surface area contributed by atoms with Gasteiger partial charge in [0, 0.05) is 6.42 Å². The fourth-order valence-corrected chi connectivity index (χ4v) is 1.29. The van der Waals surface area contributed by atoms with Crippen molar-refractivity contribution in [3.8, 4) is 0 Å². The van der Waals surface area contributed by atoms with Gasteiger partial charge in [-0.05, 0) is 17.7 Å². The molecule has 0 heterocycles. The van der Waals surface area contributed by atoms with Crippen molar-refractivity contribution in [3.05, 3.63) is 35.4 Å². The summed E-state index contributed by atoms with van der Waals surface area (Å²) in [5, 5.41) is 0. The van der Waals surface area contributed by atoms with Gasteiger partial charge in [-0.25, -0.2) is 17.6 Å². The second-order valence-corrected chi connectivity index (χ2v) is 4.02. The van der Waals surface area contributed by atoms with Crippen LogP contribution in [0.5, 0.6) is 0 Å². The minimum Gasteiger partial charge on any atom is -0.367 e. The van der Waals surface area contributed by atoms with E-state index in [1.54, 1.807) is 0 Å². The summed E-state index contributed by atoms with van der Waals surface area (Å²) in [7, 11) is 0. The van der Waals surface area contributed by atoms with Crippen LogP contribution in [0.25, 0.3) is 0 Å². The van der Waals surface area contributed by atoms with Crippen LogP contribution in [0, 0.1) is 11.6 Å². The molecule has 8 heteroatoms. The SMILES string of the molecule is O=C(COCC(F)(F)C(F)F)Cc1ccc(F)c(F)c1. The van der Waals surface area contributed by atoms with Gasteiger partial charge in [-0.2, -0.15) is 8.78 Å². The smallest absolute Gasteiger partial charge is 0.330 e. The molecule has 0 saturated heterocycles. The number of Topliss-reactive ketones (excluding diaryl/α,β-unsaturated/α-hetero) is 1. The zero-order chi connectivity index (χ0) is 15.3. The Balaban J connectivity index is 2.43. The summed E-state index contributed by atoms with van der Waals surface area (Å²) >= 11 is 0. The van der Waals surface area contributed by atoms with Crippen molar-refractivity contribution in [1.82, 2.24) is 0 Å². The fourth-order valence-electron chi connectivity index (χ4n) is 1.29. The van der Waals surface area contributed by atoms with Gasteiger partial charge in [0.15, 0.2) is 17.4 Å². The molecule has 0 unspecified atom stereocenters. The summed E-state index contributed by atoms with van der Waals surface area (Å²) in [5.74, 6) is -7.29. The lowest BCUT2D eigenvalue weighted by Gasteiger charge is -2.14. The topological polar surface area (TPSA) is 26.3 Å². The number of ether oxygens (including phenoxy) is 1. The molecular weight excluding hydrogens is 290 g/mol. The van der Waals surface area contributed by atoms with Crippen LogP contribution in [0.4, 0.5) is 26.3 Å². The average Bonchev–Trinajstić information content (AvgIpc) is 2.33. The molecule has 112 valence electrons. The number of alkyl halides is 4. The molecule has 0 amide bonds. The molecule has 1 aromatic carbocycles. The third-order valence-corrected chi connectivity index (χ3v) is 2.26. The zero-order valence-corrected chi connectivity index (χ0v) is 10.0. The standard InChI is InChI=1S/C12H10F6O2/c13-9-2-1-7(4-10(9)14)3-8(19)5-20-6-12(17,18)11(15)16/h1-2,4,11H,3,5-6H2. The van der Waals surface area contributed by atoms with Gasteiger partial charge in [0.1, 0.15) is 13.2 Å². The van der Waals surface area contributed by atoms with E-state index < -0.39 is 43.0 Å². The van der Waals surface area contributed by atoms with E-state index in [1.807, 2.05) is 0 Å². The van der Waals surface area contributed by atoms with Crippen molar-refractivity contribution in [2.24, 2.45) is 0 Å². The van der Waals surface area contributed by atoms with Crippen LogP contribution in [-0.2, 0) is 16.0 Å². The van der Waals surface area contributed by atoms with Gasteiger partial charge >= 0.3 is 12.3 Å². The number of hydrogen-bond donors (Lipinski definition) is 0. The van der Waals surface area contributed by atoms with Gasteiger partial charge < -0.3 is 4.74 Å². The lowest BCUT2D eigenvalue weighted by Crippen LogP contribution is -2.33. The molecule has 0 aliphatic carbocycles. The van der Waals surface area contributed by atoms with E-state index in [9.17, 15) is 31.1 Å². The van der Waals surface area contributed by atoms with Crippen LogP contribution in [0.1, 0.15) is 5.56 Å². The maximum absolute atomic E-state index is 12.8. The maximum Gasteiger partial charge on any atom is 0.330 e. The first-order chi connectivity index (χ1) is 9.22. The number of rotatable bonds is 7. The van der Waals surface area contributed by atoms with Crippen LogP contribution >= 0.6 is 0 Å². The quantitative estimate of drug-likeness (QED) is 0.724. The van der Waals surface area contributed by atoms with Crippen molar-refractivity contribution in [3.63, 3.8) is 0 Å². The van der Waals surface area contributed by atoms with Crippen LogP contribution in [0.3, 0.4) is 0 Å². The van der Waals surface area contributed by atoms with Crippen molar-refractivity contribution < 1.29 is 35.9 Å². The molecule has 0 atom stereocenters. The maximum atomic E-state index is 12.8. The number of ketones is 1. The Morgan fingerprint density at radius 2 is 1.85 bits per heavy atom. The monoisotopic (exact) mass is 300 g/mol. The summed E-state index contributed by atoms with van der Waals surface area (Å²) in [4.78, 5) is 11.3. The Morgan fingerprint density at radius 1 is 1.20 bits per heavy atom. The van der Waals surface area contributed by atoms with Crippen LogP contribution in [0.15, 0.2) is 18.2 Å². The van der Waals surface area contributed by atoms with E-state index in [-0.39, 0.29) is 12.0 Å². The number of carbonyl (C=O) groups is 1. The van der Waals surface area contributed by atoms with Crippen molar-refractivity contribution >= 4 is 5.78 Å². The van der Waals surface area contributed by atoms with E-state index in [2.05, 4.69) is 4.74 Å². The third-order valence-electron chi connectivity index (χ3n) is 2.26. The lowest BCUT2D eigenvalue weighted by molar-refractivity contribution is -0.168. The molecule has 0 spiro atoms. The summed E-state index contributed by atoms with van der Waals surface area (Å²) in [5.41, 5.74) is 0.123. The van der Waals surface area contributed by atoms with E-state index in [0.717, 1.165) is 18.2 Å². The molecule has 1 rings (SSSR count). The van der Waals surface area contributed by atoms with Crippen LogP contribution in [0.2, 0.25) is 0 Å². The minimum atomic E-state index is -4.33. The van der Waals surface area contributed by atoms with Gasteiger partial charge in [-0.15, -0.1) is 0 Å². The molecule has 0 fully saturated rings. The third kappa shape index (κ3) is 4.84. The molecule has 0 saturated carbocycles. The highest BCUT2D eigenvalue weighted by atomic mass is 19.3. The van der Waals surface area contributed by atoms with Gasteiger partial charge in [0.25, 0.3) is 0 Å². The highest BCUT2D eigenvalue weighted by Gasteiger charge is 2.41. The van der Waals surface area contributed by atoms with Gasteiger partial charge in [-0.1, -0.05) is 6.07 Å². The molecule has 0 aliphatic heterocycles. The van der Waals surface area contributed by atoms with E-state index in [1.165, 1.54) is 0 Å². The highest BCUT2D eigenvalue weighted by molar-refractivity contribution is 5.82. The first-order valence-corrected chi connectivity index (χ1v) is 5.41. The molecule has 0 bridgehead atoms. The molecule has 20 heavy (non-hydrogen) atoms. The van der Waals surface area contributed by atoms with Crippen molar-refractivity contribution in [2.45, 2.75) is 18.8 Å². The highest BCUT2D eigenvalue weighted by Crippen LogP contribution is 2.22. The Bertz CT molecular complexity index is 475. The molecule has 0 N–H and O–H groups in total. The average molecular weight is 300 g/mol. The van der Waals surface area contributed by atoms with Crippen molar-refractivity contribution in [2.75, 3.05) is 13.2 Å². The molecule has 1 aromatic rings. The molecule has 0 aliphatic rings. The molecule has 2 nitrogen and oxygen atoms in total. The first kappa shape index (κ1) is 16.5. The Kier molecular flexibility index (Phi) is 5.55. The molecule has 0 aromatic heterocycles. The van der Waals surface area contributed by atoms with Crippen LogP contribution in [-0.4, -0.2) is 31.3 Å². The second-order valence-electron chi connectivity index (χ2n) is 4.02.